The van der Waals surface area contributed by atoms with Crippen LogP contribution in [0.4, 0.5) is 0 Å². The van der Waals surface area contributed by atoms with Crippen molar-refractivity contribution in [2.24, 2.45) is 0 Å². The maximum absolute atomic E-state index is 12.5. The van der Waals surface area contributed by atoms with Crippen LogP contribution in [0.3, 0.4) is 0 Å². The van der Waals surface area contributed by atoms with E-state index in [0.717, 1.165) is 36.4 Å². The summed E-state index contributed by atoms with van der Waals surface area (Å²) in [5.74, 6) is -0.124. The van der Waals surface area contributed by atoms with Crippen molar-refractivity contribution in [1.29, 1.82) is 0 Å². The summed E-state index contributed by atoms with van der Waals surface area (Å²) in [4.78, 5) is 26.8. The van der Waals surface area contributed by atoms with Gasteiger partial charge in [-0.05, 0) is 82.4 Å². The van der Waals surface area contributed by atoms with Crippen LogP contribution in [0.25, 0.3) is 12.2 Å². The van der Waals surface area contributed by atoms with Crippen LogP contribution < -0.4 is 21.1 Å². The van der Waals surface area contributed by atoms with E-state index in [-0.39, 0.29) is 11.8 Å². The predicted octanol–water partition coefficient (Wildman–Crippen LogP) is 5.14. The molecule has 0 unspecified atom stereocenters. The van der Waals surface area contributed by atoms with Crippen LogP contribution >= 0.6 is 0 Å². The average molecular weight is 510 g/mol. The van der Waals surface area contributed by atoms with Crippen LogP contribution in [0.2, 0.25) is 0 Å². The monoisotopic (exact) mass is 509 g/mol. The van der Waals surface area contributed by atoms with Crippen LogP contribution in [-0.2, 0) is 4.79 Å². The van der Waals surface area contributed by atoms with E-state index in [4.69, 9.17) is 0 Å². The van der Waals surface area contributed by atoms with Gasteiger partial charge in [-0.3, -0.25) is 9.59 Å². The highest BCUT2D eigenvalue weighted by molar-refractivity contribution is 5.96. The number of nitrogens with one attached hydrogen (secondary N) is 2. The number of hydrogen-bond acceptors (Lipinski definition) is 3. The van der Waals surface area contributed by atoms with Gasteiger partial charge in [-0.2, -0.15) is 0 Å². The molecule has 0 saturated heterocycles. The van der Waals surface area contributed by atoms with Crippen LogP contribution in [0.15, 0.2) is 66.8 Å². The number of carbonyl (C=O) groups is 2. The fourth-order valence-electron chi connectivity index (χ4n) is 3.22. The van der Waals surface area contributed by atoms with E-state index in [1.54, 1.807) is 24.3 Å². The molecule has 0 fully saturated rings. The van der Waals surface area contributed by atoms with Crippen molar-refractivity contribution in [1.82, 2.24) is 15.5 Å². The third kappa shape index (κ3) is 16.2. The minimum Gasteiger partial charge on any atom is -0.352 e. The Morgan fingerprint density at radius 1 is 0.919 bits per heavy atom. The molecule has 0 radical (unpaired) electrons. The minimum absolute atomic E-state index is 0.0524. The van der Waals surface area contributed by atoms with E-state index < -0.39 is 0 Å². The lowest BCUT2D eigenvalue weighted by Crippen LogP contribution is -2.32. The van der Waals surface area contributed by atoms with Gasteiger partial charge >= 0.3 is 0 Å². The molecular weight excluding hydrogens is 458 g/mol. The number of rotatable bonds is 13. The lowest BCUT2D eigenvalue weighted by molar-refractivity contribution is -0.117. The van der Waals surface area contributed by atoms with E-state index in [0.29, 0.717) is 24.2 Å². The standard InChI is InChI=1S/C28H39N3O2.2C2H6/c1-6-10-14-24(9-4)27(32)29-18-12-20-31(5)21-13-19-30-28(33)26-17-16-23(8-3)25(22-26)15-11-7-2;2*1-2/h6-11,14-17,22H,1,12-13,18-21H2,2-5H3,(H,29,32)(H,30,33);2*1-2H3/b11-7-,14-10-,23-8-,24-9+,25-15-;;. The summed E-state index contributed by atoms with van der Waals surface area (Å²) < 4.78 is 0. The fraction of sp³-hybridized carbons (Fsp3) is 0.438. The summed E-state index contributed by atoms with van der Waals surface area (Å²) in [6.07, 6.45) is 16.7. The largest absolute Gasteiger partial charge is 0.352 e. The van der Waals surface area contributed by atoms with Gasteiger partial charge in [-0.25, -0.2) is 0 Å². The molecule has 1 rings (SSSR count). The van der Waals surface area contributed by atoms with Crippen molar-refractivity contribution in [3.8, 4) is 0 Å². The Bertz CT molecular complexity index is 988. The molecule has 0 aromatic heterocycles. The lowest BCUT2D eigenvalue weighted by atomic mass is 10.1. The van der Waals surface area contributed by atoms with E-state index in [2.05, 4.69) is 29.2 Å². The number of benzene rings is 1. The molecule has 0 spiro atoms. The maximum atomic E-state index is 12.5. The fourth-order valence-corrected chi connectivity index (χ4v) is 3.22. The summed E-state index contributed by atoms with van der Waals surface area (Å²) in [5, 5.41) is 8.09. The molecule has 1 aromatic rings. The molecule has 5 heteroatoms. The van der Waals surface area contributed by atoms with Gasteiger partial charge in [0, 0.05) is 24.2 Å². The average Bonchev–Trinajstić information content (AvgIpc) is 2.94. The molecule has 37 heavy (non-hydrogen) atoms. The first-order chi connectivity index (χ1) is 18.0. The molecule has 2 amide bonds. The summed E-state index contributed by atoms with van der Waals surface area (Å²) in [5.41, 5.74) is 1.30. The normalized spacial score (nSPS) is 12.2. The van der Waals surface area contributed by atoms with Crippen LogP contribution in [0, 0.1) is 0 Å². The zero-order chi connectivity index (χ0) is 28.5. The Balaban J connectivity index is 0. The highest BCUT2D eigenvalue weighted by atomic mass is 16.2. The van der Waals surface area contributed by atoms with Gasteiger partial charge in [-0.1, -0.05) is 82.9 Å². The molecule has 0 aliphatic rings. The third-order valence-corrected chi connectivity index (χ3v) is 5.12. The summed E-state index contributed by atoms with van der Waals surface area (Å²) in [7, 11) is 2.05. The quantitative estimate of drug-likeness (QED) is 0.220. The van der Waals surface area contributed by atoms with E-state index >= 15 is 0 Å². The zero-order valence-electron chi connectivity index (χ0n) is 24.6. The van der Waals surface area contributed by atoms with Crippen LogP contribution in [0.5, 0.6) is 0 Å². The smallest absolute Gasteiger partial charge is 0.251 e. The topological polar surface area (TPSA) is 61.4 Å². The molecule has 0 saturated carbocycles. The molecule has 0 atom stereocenters. The predicted molar refractivity (Wildman–Crippen MR) is 163 cm³/mol. The van der Waals surface area contributed by atoms with Crippen molar-refractivity contribution in [2.75, 3.05) is 33.2 Å². The van der Waals surface area contributed by atoms with Crippen LogP contribution in [-0.4, -0.2) is 49.9 Å². The molecule has 0 aliphatic carbocycles. The molecule has 1 aromatic carbocycles. The van der Waals surface area contributed by atoms with Gasteiger partial charge in [-0.15, -0.1) is 0 Å². The highest BCUT2D eigenvalue weighted by Crippen LogP contribution is 1.98. The maximum Gasteiger partial charge on any atom is 0.251 e. The van der Waals surface area contributed by atoms with Gasteiger partial charge in [0.05, 0.1) is 0 Å². The van der Waals surface area contributed by atoms with Gasteiger partial charge in [0.25, 0.3) is 11.8 Å². The van der Waals surface area contributed by atoms with Crippen molar-refractivity contribution >= 4 is 24.0 Å². The second kappa shape index (κ2) is 24.5. The number of amides is 2. The van der Waals surface area contributed by atoms with Crippen molar-refractivity contribution < 1.29 is 9.59 Å². The molecule has 5 nitrogen and oxygen atoms in total. The number of hydrogen-bond donors (Lipinski definition) is 2. The number of allylic oxidation sites excluding steroid dienone is 5. The van der Waals surface area contributed by atoms with Gasteiger partial charge < -0.3 is 15.5 Å². The first-order valence-corrected chi connectivity index (χ1v) is 13.6. The molecular formula is C32H51N3O2. The van der Waals surface area contributed by atoms with Crippen molar-refractivity contribution in [3.63, 3.8) is 0 Å². The molecule has 0 aliphatic heterocycles. The van der Waals surface area contributed by atoms with Crippen LogP contribution in [0.1, 0.15) is 71.7 Å². The Kier molecular flexibility index (Phi) is 23.8. The number of carbonyl (C=O) groups excluding carboxylic acids is 2. The molecule has 2 N–H and O–H groups in total. The molecule has 0 heterocycles. The first kappa shape index (κ1) is 36.0. The molecule has 0 bridgehead atoms. The van der Waals surface area contributed by atoms with Gasteiger partial charge in [0.2, 0.25) is 0 Å². The Morgan fingerprint density at radius 2 is 1.54 bits per heavy atom. The summed E-state index contributed by atoms with van der Waals surface area (Å²) in [6, 6.07) is 5.77. The second-order valence-electron chi connectivity index (χ2n) is 7.69. The van der Waals surface area contributed by atoms with Crippen molar-refractivity contribution in [2.45, 2.75) is 61.3 Å². The summed E-state index contributed by atoms with van der Waals surface area (Å²) >= 11 is 0. The van der Waals surface area contributed by atoms with E-state index in [1.807, 2.05) is 91.0 Å². The lowest BCUT2D eigenvalue weighted by Gasteiger charge is -2.17. The Hall–Kier alpha value is -3.18. The SMILES string of the molecule is C=C/C=C\C(=C/C)C(=O)NCCCN(C)CCCNC(=O)c1ccc(=C/C)/c(=C\C=C/C)c1.CC.CC. The van der Waals surface area contributed by atoms with Gasteiger partial charge in [0.15, 0.2) is 0 Å². The zero-order valence-corrected chi connectivity index (χ0v) is 24.6. The third-order valence-electron chi connectivity index (χ3n) is 5.12. The number of nitrogens with zero attached hydrogens (tertiary/aromatic N) is 1. The van der Waals surface area contributed by atoms with E-state index in [1.165, 1.54) is 0 Å². The highest BCUT2D eigenvalue weighted by Gasteiger charge is 2.06. The Morgan fingerprint density at radius 3 is 2.08 bits per heavy atom. The van der Waals surface area contributed by atoms with Crippen molar-refractivity contribution in [3.05, 3.63) is 82.8 Å². The second-order valence-corrected chi connectivity index (χ2v) is 7.69. The Labute approximate surface area is 226 Å². The minimum atomic E-state index is -0.0719. The molecule has 206 valence electrons. The first-order valence-electron chi connectivity index (χ1n) is 13.6. The van der Waals surface area contributed by atoms with E-state index in [9.17, 15) is 9.59 Å². The summed E-state index contributed by atoms with van der Waals surface area (Å²) in [6.45, 7) is 20.4. The van der Waals surface area contributed by atoms with Gasteiger partial charge in [0.1, 0.15) is 0 Å².